The Bertz CT molecular complexity index is 167. The lowest BCUT2D eigenvalue weighted by Gasteiger charge is -2.09. The zero-order valence-electron chi connectivity index (χ0n) is 7.09. The van der Waals surface area contributed by atoms with Crippen LogP contribution in [0.4, 0.5) is 0 Å². The van der Waals surface area contributed by atoms with E-state index >= 15 is 0 Å². The van der Waals surface area contributed by atoms with Crippen LogP contribution in [0.15, 0.2) is 18.4 Å². The molecular weight excluding hydrogens is 156 g/mol. The number of rotatable bonds is 4. The van der Waals surface area contributed by atoms with Gasteiger partial charge in [0.05, 0.1) is 6.08 Å². The molecule has 0 fully saturated rings. The molecular formula is C8H14O2Si. The van der Waals surface area contributed by atoms with Crippen LogP contribution >= 0.6 is 0 Å². The van der Waals surface area contributed by atoms with E-state index < -0.39 is 9.04 Å². The first kappa shape index (κ1) is 10.2. The number of hydrogen-bond donors (Lipinski definition) is 0. The maximum atomic E-state index is 10.8. The van der Waals surface area contributed by atoms with Crippen molar-refractivity contribution >= 4 is 15.0 Å². The van der Waals surface area contributed by atoms with Crippen LogP contribution in [-0.2, 0) is 9.22 Å². The zero-order chi connectivity index (χ0) is 8.69. The Morgan fingerprint density at radius 1 is 1.64 bits per heavy atom. The molecule has 0 heterocycles. The lowest BCUT2D eigenvalue weighted by Crippen LogP contribution is -2.18. The van der Waals surface area contributed by atoms with E-state index in [1.54, 1.807) is 0 Å². The molecule has 3 heteroatoms. The van der Waals surface area contributed by atoms with Crippen molar-refractivity contribution in [1.82, 2.24) is 0 Å². The van der Waals surface area contributed by atoms with Gasteiger partial charge in [-0.25, -0.2) is 4.79 Å². The molecule has 0 aliphatic heterocycles. The third-order valence-corrected chi connectivity index (χ3v) is 3.80. The summed E-state index contributed by atoms with van der Waals surface area (Å²) >= 11 is 0. The molecule has 0 spiro atoms. The van der Waals surface area contributed by atoms with Crippen LogP contribution in [-0.4, -0.2) is 15.0 Å². The minimum atomic E-state index is -1.23. The van der Waals surface area contributed by atoms with Gasteiger partial charge < -0.3 is 4.43 Å². The molecule has 0 atom stereocenters. The topological polar surface area (TPSA) is 26.3 Å². The highest BCUT2D eigenvalue weighted by molar-refractivity contribution is 6.53. The van der Waals surface area contributed by atoms with Gasteiger partial charge in [0.1, 0.15) is 0 Å². The third-order valence-electron chi connectivity index (χ3n) is 1.41. The van der Waals surface area contributed by atoms with Crippen molar-refractivity contribution in [3.63, 3.8) is 0 Å². The highest BCUT2D eigenvalue weighted by Crippen LogP contribution is 2.00. The van der Waals surface area contributed by atoms with E-state index in [1.807, 2.05) is 13.8 Å². The molecule has 0 aromatic carbocycles. The summed E-state index contributed by atoms with van der Waals surface area (Å²) in [4.78, 5) is 10.8. The molecule has 0 aliphatic rings. The van der Waals surface area contributed by atoms with Crippen molar-refractivity contribution < 1.29 is 9.22 Å². The Morgan fingerprint density at radius 3 is 2.55 bits per heavy atom. The molecule has 0 amide bonds. The third kappa shape index (κ3) is 4.59. The van der Waals surface area contributed by atoms with Crippen LogP contribution in [0.2, 0.25) is 12.1 Å². The molecule has 0 unspecified atom stereocenters. The Morgan fingerprint density at radius 2 is 2.18 bits per heavy atom. The predicted octanol–water partition coefficient (Wildman–Crippen LogP) is 1.63. The molecule has 11 heavy (non-hydrogen) atoms. The van der Waals surface area contributed by atoms with Gasteiger partial charge >= 0.3 is 5.97 Å². The summed E-state index contributed by atoms with van der Waals surface area (Å²) < 4.78 is 5.13. The maximum absolute atomic E-state index is 10.8. The minimum absolute atomic E-state index is 0.291. The summed E-state index contributed by atoms with van der Waals surface area (Å²) in [5.74, 6) is -0.291. The van der Waals surface area contributed by atoms with E-state index in [1.165, 1.54) is 6.08 Å². The van der Waals surface area contributed by atoms with Gasteiger partial charge in [0.2, 0.25) is 9.04 Å². The normalized spacial score (nSPS) is 9.00. The summed E-state index contributed by atoms with van der Waals surface area (Å²) in [5.41, 5.74) is 2.39. The van der Waals surface area contributed by atoms with Crippen molar-refractivity contribution in [3.8, 4) is 0 Å². The Balaban J connectivity index is 3.80. The summed E-state index contributed by atoms with van der Waals surface area (Å²) in [6.45, 7) is 7.39. The van der Waals surface area contributed by atoms with E-state index in [0.29, 0.717) is 0 Å². The molecule has 2 nitrogen and oxygen atoms in total. The van der Waals surface area contributed by atoms with Gasteiger partial charge in [0, 0.05) is 0 Å². The standard InChI is InChI=1S/C8H14O2Si/c1-4-7-8(9)10-11(5-2)6-3/h7,11H,1,5-6H2,2-3H3. The Hall–Kier alpha value is -0.793. The van der Waals surface area contributed by atoms with E-state index in [2.05, 4.69) is 12.3 Å². The number of hydrogen-bond acceptors (Lipinski definition) is 2. The van der Waals surface area contributed by atoms with Crippen LogP contribution in [0, 0.1) is 0 Å². The van der Waals surface area contributed by atoms with Crippen LogP contribution in [0.3, 0.4) is 0 Å². The van der Waals surface area contributed by atoms with E-state index in [4.69, 9.17) is 4.43 Å². The zero-order valence-corrected chi connectivity index (χ0v) is 8.25. The van der Waals surface area contributed by atoms with E-state index in [-0.39, 0.29) is 5.97 Å². The molecule has 0 radical (unpaired) electrons. The number of carbonyl (C=O) groups excluding carboxylic acids is 1. The van der Waals surface area contributed by atoms with E-state index in [9.17, 15) is 4.79 Å². The predicted molar refractivity (Wildman–Crippen MR) is 47.9 cm³/mol. The van der Waals surface area contributed by atoms with Gasteiger partial charge in [-0.15, -0.1) is 5.73 Å². The average molecular weight is 170 g/mol. The fourth-order valence-electron chi connectivity index (χ4n) is 0.737. The molecule has 0 aromatic rings. The number of carbonyl (C=O) groups is 1. The van der Waals surface area contributed by atoms with Gasteiger partial charge in [-0.05, 0) is 12.1 Å². The van der Waals surface area contributed by atoms with Gasteiger partial charge in [-0.3, -0.25) is 0 Å². The summed E-state index contributed by atoms with van der Waals surface area (Å²) in [7, 11) is -1.23. The molecule has 0 N–H and O–H groups in total. The minimum Gasteiger partial charge on any atom is -0.519 e. The molecule has 0 rings (SSSR count). The highest BCUT2D eigenvalue weighted by atomic mass is 28.3. The van der Waals surface area contributed by atoms with Gasteiger partial charge in [-0.1, -0.05) is 20.4 Å². The quantitative estimate of drug-likeness (QED) is 0.364. The second-order valence-electron chi connectivity index (χ2n) is 2.22. The fraction of sp³-hybridized carbons (Fsp3) is 0.500. The van der Waals surface area contributed by atoms with Crippen LogP contribution in [0.1, 0.15) is 13.8 Å². The lowest BCUT2D eigenvalue weighted by molar-refractivity contribution is -0.129. The molecule has 62 valence electrons. The first-order valence-electron chi connectivity index (χ1n) is 3.81. The lowest BCUT2D eigenvalue weighted by atomic mass is 10.6. The van der Waals surface area contributed by atoms with Crippen molar-refractivity contribution in [1.29, 1.82) is 0 Å². The SMILES string of the molecule is C=C=CC(=O)O[SiH](CC)CC. The highest BCUT2D eigenvalue weighted by Gasteiger charge is 2.09. The van der Waals surface area contributed by atoms with Crippen molar-refractivity contribution in [2.24, 2.45) is 0 Å². The fourth-order valence-corrected chi connectivity index (χ4v) is 2.04. The second-order valence-corrected chi connectivity index (χ2v) is 5.34. The Labute approximate surface area is 69.3 Å². The largest absolute Gasteiger partial charge is 0.519 e. The van der Waals surface area contributed by atoms with Crippen molar-refractivity contribution in [2.75, 3.05) is 0 Å². The van der Waals surface area contributed by atoms with Gasteiger partial charge in [0.25, 0.3) is 0 Å². The Kier molecular flexibility index (Phi) is 5.52. The first-order valence-corrected chi connectivity index (χ1v) is 5.91. The second kappa shape index (κ2) is 5.95. The van der Waals surface area contributed by atoms with Crippen LogP contribution in [0.25, 0.3) is 0 Å². The molecule has 0 aliphatic carbocycles. The maximum Gasteiger partial charge on any atom is 0.325 e. The monoisotopic (exact) mass is 170 g/mol. The van der Waals surface area contributed by atoms with Crippen LogP contribution < -0.4 is 0 Å². The van der Waals surface area contributed by atoms with Crippen molar-refractivity contribution in [3.05, 3.63) is 18.4 Å². The summed E-state index contributed by atoms with van der Waals surface area (Å²) in [6, 6.07) is 1.99. The molecule has 0 saturated carbocycles. The summed E-state index contributed by atoms with van der Waals surface area (Å²) in [5, 5.41) is 0. The first-order chi connectivity index (χ1) is 5.24. The van der Waals surface area contributed by atoms with Gasteiger partial charge in [0.15, 0.2) is 0 Å². The smallest absolute Gasteiger partial charge is 0.325 e. The molecule has 0 saturated heterocycles. The van der Waals surface area contributed by atoms with Gasteiger partial charge in [-0.2, -0.15) is 0 Å². The van der Waals surface area contributed by atoms with Crippen LogP contribution in [0.5, 0.6) is 0 Å². The van der Waals surface area contributed by atoms with E-state index in [0.717, 1.165) is 12.1 Å². The molecule has 0 aromatic heterocycles. The van der Waals surface area contributed by atoms with Crippen molar-refractivity contribution in [2.45, 2.75) is 25.9 Å². The average Bonchev–Trinajstić information content (AvgIpc) is 2.01. The summed E-state index contributed by atoms with van der Waals surface area (Å²) in [6.07, 6.45) is 1.24. The molecule has 0 bridgehead atoms.